The number of ether oxygens (including phenoxy) is 1. The van der Waals surface area contributed by atoms with Crippen LogP contribution in [-0.4, -0.2) is 46.5 Å². The van der Waals surface area contributed by atoms with Gasteiger partial charge in [0.1, 0.15) is 36.1 Å². The Morgan fingerprint density at radius 1 is 1.24 bits per heavy atom. The fraction of sp³-hybridized carbons (Fsp3) is 0.190. The Labute approximate surface area is 198 Å². The minimum atomic E-state index is -3.62. The molecule has 34 heavy (non-hydrogen) atoms. The first-order valence-electron chi connectivity index (χ1n) is 9.93. The highest BCUT2D eigenvalue weighted by Crippen LogP contribution is 2.26. The van der Waals surface area contributed by atoms with Crippen molar-refractivity contribution in [3.8, 4) is 0 Å². The summed E-state index contributed by atoms with van der Waals surface area (Å²) < 4.78 is 58.8. The molecule has 0 saturated carbocycles. The Balaban J connectivity index is 1.68. The molecule has 1 aliphatic heterocycles. The van der Waals surface area contributed by atoms with Gasteiger partial charge in [-0.05, 0) is 35.9 Å². The minimum Gasteiger partial charge on any atom is -0.451 e. The van der Waals surface area contributed by atoms with E-state index in [0.717, 1.165) is 11.1 Å². The fourth-order valence-corrected chi connectivity index (χ4v) is 4.42. The van der Waals surface area contributed by atoms with E-state index in [2.05, 4.69) is 14.9 Å². The van der Waals surface area contributed by atoms with Crippen molar-refractivity contribution in [3.05, 3.63) is 88.6 Å². The van der Waals surface area contributed by atoms with Crippen molar-refractivity contribution < 1.29 is 26.7 Å². The van der Waals surface area contributed by atoms with Crippen LogP contribution in [0.15, 0.2) is 60.8 Å². The van der Waals surface area contributed by atoms with Crippen LogP contribution in [-0.2, 0) is 26.1 Å². The predicted octanol–water partition coefficient (Wildman–Crippen LogP) is 2.69. The largest absolute Gasteiger partial charge is 0.451 e. The van der Waals surface area contributed by atoms with Gasteiger partial charge < -0.3 is 4.74 Å². The van der Waals surface area contributed by atoms with Gasteiger partial charge in [0, 0.05) is 16.7 Å². The van der Waals surface area contributed by atoms with Crippen LogP contribution < -0.4 is 4.83 Å². The van der Waals surface area contributed by atoms with E-state index < -0.39 is 33.7 Å². The third kappa shape index (κ3) is 5.76. The summed E-state index contributed by atoms with van der Waals surface area (Å²) in [6.07, 6.45) is 2.80. The topological polar surface area (TPSA) is 106 Å². The zero-order valence-electron chi connectivity index (χ0n) is 17.4. The van der Waals surface area contributed by atoms with Gasteiger partial charge in [-0.2, -0.15) is 5.10 Å². The lowest BCUT2D eigenvalue weighted by atomic mass is 10.1. The third-order valence-electron chi connectivity index (χ3n) is 4.88. The van der Waals surface area contributed by atoms with E-state index in [1.54, 1.807) is 24.3 Å². The maximum Gasteiger partial charge on any atom is 0.356 e. The molecule has 1 saturated heterocycles. The van der Waals surface area contributed by atoms with Gasteiger partial charge in [-0.25, -0.2) is 31.7 Å². The van der Waals surface area contributed by atoms with Gasteiger partial charge in [0.05, 0.1) is 18.8 Å². The number of nitrogens with one attached hydrogen (secondary N) is 1. The average molecular weight is 510 g/mol. The molecule has 2 aromatic carbocycles. The summed E-state index contributed by atoms with van der Waals surface area (Å²) in [6.45, 7) is -0.135. The number of carbonyl (C=O) groups is 1. The first-order valence-corrected chi connectivity index (χ1v) is 12.0. The van der Waals surface area contributed by atoms with Crippen LogP contribution >= 0.6 is 11.6 Å². The Bertz CT molecular complexity index is 1320. The van der Waals surface area contributed by atoms with Crippen LogP contribution in [0.5, 0.6) is 0 Å². The summed E-state index contributed by atoms with van der Waals surface area (Å²) >= 11 is 5.92. The number of rotatable bonds is 7. The van der Waals surface area contributed by atoms with Crippen molar-refractivity contribution in [2.75, 3.05) is 12.3 Å². The normalized spacial score (nSPS) is 16.4. The molecule has 1 fully saturated rings. The highest BCUT2D eigenvalue weighted by atomic mass is 35.5. The Morgan fingerprint density at radius 2 is 2.00 bits per heavy atom. The van der Waals surface area contributed by atoms with Crippen LogP contribution in [0, 0.1) is 11.6 Å². The second-order valence-corrected chi connectivity index (χ2v) is 9.58. The van der Waals surface area contributed by atoms with Crippen molar-refractivity contribution in [1.82, 2.24) is 24.6 Å². The number of esters is 1. The molecule has 0 aliphatic carbocycles. The number of halogens is 3. The summed E-state index contributed by atoms with van der Waals surface area (Å²) in [6, 6.07) is 9.36. The smallest absolute Gasteiger partial charge is 0.356 e. The summed E-state index contributed by atoms with van der Waals surface area (Å²) in [5, 5.41) is 5.56. The van der Waals surface area contributed by atoms with Gasteiger partial charge in [-0.3, -0.25) is 5.01 Å². The number of benzene rings is 2. The number of aromatic nitrogens is 3. The van der Waals surface area contributed by atoms with Gasteiger partial charge in [0.25, 0.3) is 0 Å². The van der Waals surface area contributed by atoms with E-state index in [1.807, 2.05) is 0 Å². The Hall–Kier alpha value is -3.35. The molecule has 1 N–H and O–H groups in total. The van der Waals surface area contributed by atoms with Gasteiger partial charge in [0.15, 0.2) is 0 Å². The van der Waals surface area contributed by atoms with E-state index >= 15 is 0 Å². The van der Waals surface area contributed by atoms with Gasteiger partial charge in [-0.1, -0.05) is 23.7 Å². The molecule has 13 heteroatoms. The fourth-order valence-electron chi connectivity index (χ4n) is 3.25. The molecule has 2 heterocycles. The maximum absolute atomic E-state index is 14.6. The zero-order valence-corrected chi connectivity index (χ0v) is 19.0. The van der Waals surface area contributed by atoms with E-state index in [4.69, 9.17) is 16.3 Å². The lowest BCUT2D eigenvalue weighted by Crippen LogP contribution is -2.36. The Kier molecular flexibility index (Phi) is 6.91. The van der Waals surface area contributed by atoms with Crippen molar-refractivity contribution in [2.45, 2.75) is 12.6 Å². The van der Waals surface area contributed by atoms with E-state index in [-0.39, 0.29) is 30.1 Å². The molecule has 3 aromatic rings. The molecule has 9 nitrogen and oxygen atoms in total. The van der Waals surface area contributed by atoms with Crippen LogP contribution in [0.3, 0.4) is 0 Å². The van der Waals surface area contributed by atoms with Gasteiger partial charge in [-0.15, -0.1) is 4.83 Å². The van der Waals surface area contributed by atoms with Gasteiger partial charge in [0.2, 0.25) is 10.0 Å². The first kappa shape index (κ1) is 23.8. The molecule has 178 valence electrons. The number of hydrogen-bond donors (Lipinski definition) is 1. The standard InChI is InChI=1S/C21H18ClF2N5O4S/c22-15-3-1-14(2-4-15)9-19(29-7-8-34(31,32)27-29)21(30)33-20(11-28-13-25-12-26-28)17-6-5-16(23)10-18(17)24/h1-6,9-10,12-13,20,27H,7-8,11H2/b19-9-. The number of hydrogen-bond acceptors (Lipinski definition) is 7. The molecule has 1 atom stereocenters. The maximum atomic E-state index is 14.6. The zero-order chi connectivity index (χ0) is 24.3. The molecule has 0 spiro atoms. The molecule has 0 amide bonds. The summed E-state index contributed by atoms with van der Waals surface area (Å²) in [7, 11) is -3.62. The Morgan fingerprint density at radius 3 is 2.62 bits per heavy atom. The lowest BCUT2D eigenvalue weighted by molar-refractivity contribution is -0.147. The van der Waals surface area contributed by atoms with Crippen LogP contribution in [0.2, 0.25) is 5.02 Å². The molecular formula is C21H18ClF2N5O4S. The van der Waals surface area contributed by atoms with Crippen LogP contribution in [0.25, 0.3) is 6.08 Å². The SMILES string of the molecule is O=C(OC(Cn1cncn1)c1ccc(F)cc1F)/C(=C/c1ccc(Cl)cc1)N1CCS(=O)(=O)N1. The number of nitrogens with zero attached hydrogens (tertiary/aromatic N) is 4. The molecule has 1 aromatic heterocycles. The van der Waals surface area contributed by atoms with Crippen molar-refractivity contribution in [3.63, 3.8) is 0 Å². The lowest BCUT2D eigenvalue weighted by Gasteiger charge is -2.23. The number of hydrazine groups is 1. The monoisotopic (exact) mass is 509 g/mol. The second-order valence-electron chi connectivity index (χ2n) is 7.32. The van der Waals surface area contributed by atoms with E-state index in [0.29, 0.717) is 16.7 Å². The van der Waals surface area contributed by atoms with E-state index in [1.165, 1.54) is 29.5 Å². The number of carbonyl (C=O) groups excluding carboxylic acids is 1. The first-order chi connectivity index (χ1) is 16.2. The second kappa shape index (κ2) is 9.87. The molecule has 0 bridgehead atoms. The molecular weight excluding hydrogens is 492 g/mol. The minimum absolute atomic E-state index is 0.0183. The van der Waals surface area contributed by atoms with Crippen LogP contribution in [0.4, 0.5) is 8.78 Å². The quantitative estimate of drug-likeness (QED) is 0.385. The van der Waals surface area contributed by atoms with Crippen molar-refractivity contribution in [1.29, 1.82) is 0 Å². The molecule has 4 rings (SSSR count). The summed E-state index contributed by atoms with van der Waals surface area (Å²) in [5.74, 6) is -2.87. The predicted molar refractivity (Wildman–Crippen MR) is 118 cm³/mol. The van der Waals surface area contributed by atoms with Gasteiger partial charge >= 0.3 is 5.97 Å². The van der Waals surface area contributed by atoms with Crippen LogP contribution in [0.1, 0.15) is 17.2 Å². The van der Waals surface area contributed by atoms with E-state index in [9.17, 15) is 22.0 Å². The van der Waals surface area contributed by atoms with Crippen molar-refractivity contribution >= 4 is 33.7 Å². The number of sulfonamides is 1. The molecule has 0 radical (unpaired) electrons. The summed E-state index contributed by atoms with van der Waals surface area (Å²) in [4.78, 5) is 19.4. The highest BCUT2D eigenvalue weighted by molar-refractivity contribution is 7.89. The average Bonchev–Trinajstić information content (AvgIpc) is 3.42. The molecule has 1 unspecified atom stereocenters. The molecule has 1 aliphatic rings. The highest BCUT2D eigenvalue weighted by Gasteiger charge is 2.32. The summed E-state index contributed by atoms with van der Waals surface area (Å²) in [5.41, 5.74) is 0.329. The third-order valence-corrected chi connectivity index (χ3v) is 6.35. The van der Waals surface area contributed by atoms with Crippen molar-refractivity contribution in [2.24, 2.45) is 0 Å².